The number of ether oxygens (including phenoxy) is 1. The van der Waals surface area contributed by atoms with E-state index in [1.807, 2.05) is 38.5 Å². The van der Waals surface area contributed by atoms with Gasteiger partial charge in [-0.2, -0.15) is 8.42 Å². The number of piperidine rings is 1. The highest BCUT2D eigenvalue weighted by Crippen LogP contribution is 2.28. The SMILES string of the molecule is CCc1cn(CCOS(C)(=O)=O)c(C2CCN(C(=O)OC(C)(C)C)CC2)n1. The molecule has 9 heteroatoms. The zero-order chi connectivity index (χ0) is 20.2. The second-order valence-corrected chi connectivity index (χ2v) is 9.55. The van der Waals surface area contributed by atoms with Crippen LogP contribution >= 0.6 is 0 Å². The number of aryl methyl sites for hydroxylation is 1. The third-order valence-corrected chi connectivity index (χ3v) is 4.96. The van der Waals surface area contributed by atoms with Crippen molar-refractivity contribution in [2.24, 2.45) is 0 Å². The van der Waals surface area contributed by atoms with Gasteiger partial charge in [-0.25, -0.2) is 9.78 Å². The van der Waals surface area contributed by atoms with Crippen molar-refractivity contribution in [1.82, 2.24) is 14.5 Å². The molecule has 1 aliphatic heterocycles. The molecule has 8 nitrogen and oxygen atoms in total. The summed E-state index contributed by atoms with van der Waals surface area (Å²) in [7, 11) is -3.45. The molecule has 0 aliphatic carbocycles. The Bertz CT molecular complexity index is 744. The summed E-state index contributed by atoms with van der Waals surface area (Å²) >= 11 is 0. The van der Waals surface area contributed by atoms with E-state index in [1.54, 1.807) is 4.90 Å². The third kappa shape index (κ3) is 6.80. The van der Waals surface area contributed by atoms with Crippen LogP contribution in [-0.2, 0) is 32.0 Å². The Labute approximate surface area is 162 Å². The number of likely N-dealkylation sites (tertiary alicyclic amines) is 1. The van der Waals surface area contributed by atoms with Gasteiger partial charge in [0.25, 0.3) is 10.1 Å². The maximum atomic E-state index is 12.2. The summed E-state index contributed by atoms with van der Waals surface area (Å²) in [6, 6.07) is 0. The van der Waals surface area contributed by atoms with Crippen molar-refractivity contribution in [1.29, 1.82) is 0 Å². The number of carbonyl (C=O) groups excluding carboxylic acids is 1. The van der Waals surface area contributed by atoms with Crippen LogP contribution in [0, 0.1) is 0 Å². The van der Waals surface area contributed by atoms with Crippen LogP contribution in [0.15, 0.2) is 6.20 Å². The molecule has 1 aromatic heterocycles. The van der Waals surface area contributed by atoms with E-state index in [4.69, 9.17) is 13.9 Å². The molecule has 154 valence electrons. The number of hydrogen-bond acceptors (Lipinski definition) is 6. The Morgan fingerprint density at radius 2 is 1.93 bits per heavy atom. The zero-order valence-corrected chi connectivity index (χ0v) is 17.7. The quantitative estimate of drug-likeness (QED) is 0.681. The molecular weight excluding hydrogens is 370 g/mol. The van der Waals surface area contributed by atoms with Gasteiger partial charge in [-0.3, -0.25) is 4.18 Å². The van der Waals surface area contributed by atoms with E-state index in [-0.39, 0.29) is 18.6 Å². The highest BCUT2D eigenvalue weighted by Gasteiger charge is 2.29. The van der Waals surface area contributed by atoms with Crippen LogP contribution < -0.4 is 0 Å². The smallest absolute Gasteiger partial charge is 0.410 e. The van der Waals surface area contributed by atoms with Crippen molar-refractivity contribution in [3.8, 4) is 0 Å². The molecule has 27 heavy (non-hydrogen) atoms. The lowest BCUT2D eigenvalue weighted by molar-refractivity contribution is 0.0202. The largest absolute Gasteiger partial charge is 0.444 e. The fourth-order valence-corrected chi connectivity index (χ4v) is 3.47. The lowest BCUT2D eigenvalue weighted by atomic mass is 9.96. The second-order valence-electron chi connectivity index (χ2n) is 7.91. The molecule has 0 bridgehead atoms. The second kappa shape index (κ2) is 8.60. The standard InChI is InChI=1S/C18H31N3O5S/c1-6-15-13-21(11-12-25-27(5,23)24)16(19-15)14-7-9-20(10-8-14)17(22)26-18(2,3)4/h13-14H,6-12H2,1-5H3. The number of carbonyl (C=O) groups is 1. The summed E-state index contributed by atoms with van der Waals surface area (Å²) < 4.78 is 34.6. The topological polar surface area (TPSA) is 90.7 Å². The van der Waals surface area contributed by atoms with E-state index in [1.165, 1.54) is 0 Å². The van der Waals surface area contributed by atoms with Gasteiger partial charge in [0.2, 0.25) is 0 Å². The number of hydrogen-bond donors (Lipinski definition) is 0. The molecule has 0 radical (unpaired) electrons. The molecule has 0 atom stereocenters. The van der Waals surface area contributed by atoms with E-state index < -0.39 is 15.7 Å². The Morgan fingerprint density at radius 1 is 1.30 bits per heavy atom. The van der Waals surface area contributed by atoms with Crippen molar-refractivity contribution in [2.45, 2.75) is 65.0 Å². The summed E-state index contributed by atoms with van der Waals surface area (Å²) in [6.45, 7) is 9.37. The monoisotopic (exact) mass is 401 g/mol. The molecular formula is C18H31N3O5S. The van der Waals surface area contributed by atoms with E-state index in [0.29, 0.717) is 19.6 Å². The van der Waals surface area contributed by atoms with Crippen LogP contribution in [-0.4, -0.2) is 60.5 Å². The fourth-order valence-electron chi connectivity index (χ4n) is 3.10. The lowest BCUT2D eigenvalue weighted by Gasteiger charge is -2.33. The van der Waals surface area contributed by atoms with Crippen molar-refractivity contribution < 1.29 is 22.1 Å². The molecule has 0 saturated carbocycles. The molecule has 2 rings (SSSR count). The van der Waals surface area contributed by atoms with Gasteiger partial charge < -0.3 is 14.2 Å². The molecule has 1 amide bonds. The van der Waals surface area contributed by atoms with Crippen LogP contribution in [0.5, 0.6) is 0 Å². The minimum atomic E-state index is -3.45. The van der Waals surface area contributed by atoms with E-state index in [0.717, 1.165) is 37.0 Å². The first-order valence-corrected chi connectivity index (χ1v) is 11.2. The van der Waals surface area contributed by atoms with E-state index in [9.17, 15) is 13.2 Å². The summed E-state index contributed by atoms with van der Waals surface area (Å²) in [5.41, 5.74) is 0.471. The number of rotatable bonds is 6. The minimum Gasteiger partial charge on any atom is -0.444 e. The first-order chi connectivity index (χ1) is 12.5. The Hall–Kier alpha value is -1.61. The molecule has 0 spiro atoms. The predicted molar refractivity (Wildman–Crippen MR) is 102 cm³/mol. The van der Waals surface area contributed by atoms with Crippen LogP contribution in [0.1, 0.15) is 58.0 Å². The van der Waals surface area contributed by atoms with Gasteiger partial charge >= 0.3 is 6.09 Å². The summed E-state index contributed by atoms with van der Waals surface area (Å²) in [4.78, 5) is 18.7. The first kappa shape index (κ1) is 21.7. The van der Waals surface area contributed by atoms with Crippen LogP contribution in [0.4, 0.5) is 4.79 Å². The van der Waals surface area contributed by atoms with Gasteiger partial charge in [0, 0.05) is 31.7 Å². The van der Waals surface area contributed by atoms with Crippen molar-refractivity contribution in [3.63, 3.8) is 0 Å². The molecule has 0 unspecified atom stereocenters. The van der Waals surface area contributed by atoms with Crippen LogP contribution in [0.2, 0.25) is 0 Å². The minimum absolute atomic E-state index is 0.0854. The Morgan fingerprint density at radius 3 is 2.44 bits per heavy atom. The van der Waals surface area contributed by atoms with Gasteiger partial charge in [-0.15, -0.1) is 0 Å². The Kier molecular flexibility index (Phi) is 6.91. The summed E-state index contributed by atoms with van der Waals surface area (Å²) in [5, 5.41) is 0. The third-order valence-electron chi connectivity index (χ3n) is 4.36. The number of imidazole rings is 1. The first-order valence-electron chi connectivity index (χ1n) is 9.37. The maximum absolute atomic E-state index is 12.2. The predicted octanol–water partition coefficient (Wildman–Crippen LogP) is 2.54. The summed E-state index contributed by atoms with van der Waals surface area (Å²) in [5.74, 6) is 1.16. The molecule has 1 aromatic rings. The number of aromatic nitrogens is 2. The Balaban J connectivity index is 2.00. The van der Waals surface area contributed by atoms with Crippen molar-refractivity contribution >= 4 is 16.2 Å². The molecule has 2 heterocycles. The van der Waals surface area contributed by atoms with E-state index in [2.05, 4.69) is 0 Å². The van der Waals surface area contributed by atoms with Crippen LogP contribution in [0.3, 0.4) is 0 Å². The highest BCUT2D eigenvalue weighted by atomic mass is 32.2. The molecule has 1 aliphatic rings. The summed E-state index contributed by atoms with van der Waals surface area (Å²) in [6.07, 6.45) is 5.13. The average molecular weight is 402 g/mol. The molecule has 0 aromatic carbocycles. The van der Waals surface area contributed by atoms with Gasteiger partial charge in [0.05, 0.1) is 18.6 Å². The van der Waals surface area contributed by atoms with Gasteiger partial charge in [-0.05, 0) is 40.0 Å². The maximum Gasteiger partial charge on any atom is 0.410 e. The molecule has 0 N–H and O–H groups in total. The molecule has 1 fully saturated rings. The number of amides is 1. The van der Waals surface area contributed by atoms with Crippen molar-refractivity contribution in [3.05, 3.63) is 17.7 Å². The van der Waals surface area contributed by atoms with Crippen LogP contribution in [0.25, 0.3) is 0 Å². The van der Waals surface area contributed by atoms with Gasteiger partial charge in [-0.1, -0.05) is 6.92 Å². The number of nitrogens with zero attached hydrogens (tertiary/aromatic N) is 3. The van der Waals surface area contributed by atoms with Gasteiger partial charge in [0.1, 0.15) is 11.4 Å². The van der Waals surface area contributed by atoms with Gasteiger partial charge in [0.15, 0.2) is 0 Å². The zero-order valence-electron chi connectivity index (χ0n) is 16.9. The fraction of sp³-hybridized carbons (Fsp3) is 0.778. The molecule has 1 saturated heterocycles. The lowest BCUT2D eigenvalue weighted by Crippen LogP contribution is -2.41. The average Bonchev–Trinajstić information content (AvgIpc) is 2.95. The van der Waals surface area contributed by atoms with E-state index >= 15 is 0 Å². The highest BCUT2D eigenvalue weighted by molar-refractivity contribution is 7.85. The van der Waals surface area contributed by atoms with Crippen molar-refractivity contribution in [2.75, 3.05) is 26.0 Å². The normalized spacial score (nSPS) is 16.6.